The minimum atomic E-state index is -2.90. The van der Waals surface area contributed by atoms with Gasteiger partial charge in [0, 0.05) is 12.0 Å². The quantitative estimate of drug-likeness (QED) is 0.599. The number of rotatable bonds is 5. The van der Waals surface area contributed by atoms with E-state index >= 15 is 0 Å². The van der Waals surface area contributed by atoms with E-state index in [-0.39, 0.29) is 6.61 Å². The van der Waals surface area contributed by atoms with Crippen LogP contribution in [0.3, 0.4) is 0 Å². The molecule has 2 nitrogen and oxygen atoms in total. The minimum absolute atomic E-state index is 0.0962. The molecule has 19 heavy (non-hydrogen) atoms. The van der Waals surface area contributed by atoms with Gasteiger partial charge in [0.05, 0.1) is 0 Å². The van der Waals surface area contributed by atoms with Gasteiger partial charge in [-0.1, -0.05) is 36.8 Å². The van der Waals surface area contributed by atoms with Crippen molar-refractivity contribution in [1.82, 2.24) is 0 Å². The molecule has 2 rings (SSSR count). The number of carbonyl (C=O) groups excluding carboxylic acids is 1. The maximum atomic E-state index is 13.5. The molecule has 0 N–H and O–H groups in total. The first-order chi connectivity index (χ1) is 9.08. The lowest BCUT2D eigenvalue weighted by molar-refractivity contribution is -0.139. The number of esters is 1. The minimum Gasteiger partial charge on any atom is -0.458 e. The zero-order valence-electron chi connectivity index (χ0n) is 10.5. The number of benzene rings is 1. The van der Waals surface area contributed by atoms with Crippen LogP contribution in [-0.2, 0) is 16.1 Å². The van der Waals surface area contributed by atoms with Gasteiger partial charge >= 0.3 is 5.97 Å². The third-order valence-electron chi connectivity index (χ3n) is 3.32. The van der Waals surface area contributed by atoms with Crippen LogP contribution in [0.5, 0.6) is 0 Å². The molecule has 0 unspecified atom stereocenters. The second-order valence-electron chi connectivity index (χ2n) is 4.73. The molecule has 1 saturated carbocycles. The molecule has 1 aliphatic carbocycles. The van der Waals surface area contributed by atoms with E-state index < -0.39 is 17.8 Å². The van der Waals surface area contributed by atoms with Crippen molar-refractivity contribution in [3.8, 4) is 0 Å². The van der Waals surface area contributed by atoms with Crippen LogP contribution >= 0.6 is 0 Å². The van der Waals surface area contributed by atoms with E-state index in [9.17, 15) is 13.6 Å². The van der Waals surface area contributed by atoms with Gasteiger partial charge in [-0.2, -0.15) is 0 Å². The number of carbonyl (C=O) groups is 1. The van der Waals surface area contributed by atoms with E-state index in [4.69, 9.17) is 4.74 Å². The molecule has 4 heteroatoms. The second-order valence-corrected chi connectivity index (χ2v) is 4.73. The Kier molecular flexibility index (Phi) is 4.30. The van der Waals surface area contributed by atoms with Crippen LogP contribution < -0.4 is 0 Å². The van der Waals surface area contributed by atoms with Gasteiger partial charge < -0.3 is 4.74 Å². The highest BCUT2D eigenvalue weighted by molar-refractivity contribution is 5.82. The predicted molar refractivity (Wildman–Crippen MR) is 67.7 cm³/mol. The average molecular weight is 266 g/mol. The molecular formula is C15H16F2O2. The molecule has 0 amide bonds. The lowest BCUT2D eigenvalue weighted by Gasteiger charge is -2.31. The number of hydrogen-bond donors (Lipinski definition) is 0. The van der Waals surface area contributed by atoms with Crippen LogP contribution in [-0.4, -0.2) is 11.9 Å². The van der Waals surface area contributed by atoms with Gasteiger partial charge in [-0.25, -0.2) is 13.6 Å². The maximum Gasteiger partial charge on any atom is 0.330 e. The van der Waals surface area contributed by atoms with Crippen molar-refractivity contribution < 1.29 is 18.3 Å². The molecule has 1 aromatic rings. The highest BCUT2D eigenvalue weighted by atomic mass is 19.3. The Balaban J connectivity index is 1.80. The van der Waals surface area contributed by atoms with Gasteiger partial charge in [-0.3, -0.25) is 0 Å². The number of alkyl halides is 2. The van der Waals surface area contributed by atoms with Gasteiger partial charge in [0.15, 0.2) is 0 Å². The fourth-order valence-electron chi connectivity index (χ4n) is 1.89. The number of hydrogen-bond acceptors (Lipinski definition) is 2. The Morgan fingerprint density at radius 1 is 1.32 bits per heavy atom. The summed E-state index contributed by atoms with van der Waals surface area (Å²) in [5.41, 5.74) is 0.829. The molecule has 0 spiro atoms. The third kappa shape index (κ3) is 3.88. The van der Waals surface area contributed by atoms with E-state index in [0.717, 1.165) is 18.1 Å². The summed E-state index contributed by atoms with van der Waals surface area (Å²) in [7, 11) is 0. The first kappa shape index (κ1) is 13.7. The zero-order valence-corrected chi connectivity index (χ0v) is 10.5. The molecule has 1 aliphatic rings. The smallest absolute Gasteiger partial charge is 0.330 e. The summed E-state index contributed by atoms with van der Waals surface area (Å²) >= 11 is 0. The fraction of sp³-hybridized carbons (Fsp3) is 0.400. The van der Waals surface area contributed by atoms with Gasteiger partial charge in [0.25, 0.3) is 5.92 Å². The molecule has 0 aromatic heterocycles. The summed E-state index contributed by atoms with van der Waals surface area (Å²) in [6.07, 6.45) is 3.39. The van der Waals surface area contributed by atoms with Gasteiger partial charge in [-0.05, 0) is 24.5 Å². The highest BCUT2D eigenvalue weighted by Crippen LogP contribution is 2.40. The molecule has 0 saturated heterocycles. The normalized spacial score (nSPS) is 16.3. The van der Waals surface area contributed by atoms with Crippen molar-refractivity contribution in [2.45, 2.75) is 31.8 Å². The van der Waals surface area contributed by atoms with E-state index in [0.29, 0.717) is 18.9 Å². The summed E-state index contributed by atoms with van der Waals surface area (Å²) in [5, 5.41) is 0. The summed E-state index contributed by atoms with van der Waals surface area (Å²) < 4.78 is 31.9. The van der Waals surface area contributed by atoms with Crippen LogP contribution in [0.1, 0.15) is 24.8 Å². The van der Waals surface area contributed by atoms with Crippen molar-refractivity contribution in [1.29, 1.82) is 0 Å². The first-order valence-corrected chi connectivity index (χ1v) is 6.35. The molecule has 0 aliphatic heterocycles. The third-order valence-corrected chi connectivity index (χ3v) is 3.32. The molecule has 1 aromatic carbocycles. The second kappa shape index (κ2) is 5.95. The number of allylic oxidation sites excluding steroid dienone is 1. The van der Waals surface area contributed by atoms with Crippen molar-refractivity contribution in [3.05, 3.63) is 48.0 Å². The standard InChI is InChI=1S/C15H16F2O2/c16-15(17,13-7-4-8-13)10-9-14(18)19-11-12-5-2-1-3-6-12/h1-3,5-6,9-10,13H,4,7-8,11H2/b10-9+. The summed E-state index contributed by atoms with van der Waals surface area (Å²) in [4.78, 5) is 11.3. The van der Waals surface area contributed by atoms with E-state index in [1.54, 1.807) is 12.1 Å². The predicted octanol–water partition coefficient (Wildman–Crippen LogP) is 3.72. The molecule has 0 atom stereocenters. The Morgan fingerprint density at radius 3 is 2.58 bits per heavy atom. The molecule has 1 fully saturated rings. The highest BCUT2D eigenvalue weighted by Gasteiger charge is 2.40. The van der Waals surface area contributed by atoms with Crippen LogP contribution in [0.4, 0.5) is 8.78 Å². The molecule has 102 valence electrons. The molecular weight excluding hydrogens is 250 g/mol. The van der Waals surface area contributed by atoms with Gasteiger partial charge in [0.2, 0.25) is 0 Å². The van der Waals surface area contributed by atoms with Crippen LogP contribution in [0.2, 0.25) is 0 Å². The van der Waals surface area contributed by atoms with Crippen molar-refractivity contribution >= 4 is 5.97 Å². The largest absolute Gasteiger partial charge is 0.458 e. The van der Waals surface area contributed by atoms with Gasteiger partial charge in [-0.15, -0.1) is 0 Å². The van der Waals surface area contributed by atoms with Gasteiger partial charge in [0.1, 0.15) is 6.61 Å². The lowest BCUT2D eigenvalue weighted by Crippen LogP contribution is -2.31. The SMILES string of the molecule is O=C(/C=C/C(F)(F)C1CCC1)OCc1ccccc1. The zero-order chi connectivity index (χ0) is 13.7. The average Bonchev–Trinajstić information content (AvgIpc) is 2.32. The molecule has 0 heterocycles. The topological polar surface area (TPSA) is 26.3 Å². The van der Waals surface area contributed by atoms with E-state index in [2.05, 4.69) is 0 Å². The summed E-state index contributed by atoms with van der Waals surface area (Å²) in [6.45, 7) is 0.0962. The van der Waals surface area contributed by atoms with E-state index in [1.807, 2.05) is 18.2 Å². The molecule has 0 radical (unpaired) electrons. The Labute approximate surface area is 111 Å². The fourth-order valence-corrected chi connectivity index (χ4v) is 1.89. The van der Waals surface area contributed by atoms with Crippen molar-refractivity contribution in [2.75, 3.05) is 0 Å². The van der Waals surface area contributed by atoms with Crippen molar-refractivity contribution in [2.24, 2.45) is 5.92 Å². The van der Waals surface area contributed by atoms with Crippen LogP contribution in [0, 0.1) is 5.92 Å². The number of halogens is 2. The van der Waals surface area contributed by atoms with Crippen molar-refractivity contribution in [3.63, 3.8) is 0 Å². The number of ether oxygens (including phenoxy) is 1. The Bertz CT molecular complexity index is 450. The monoisotopic (exact) mass is 266 g/mol. The van der Waals surface area contributed by atoms with Crippen LogP contribution in [0.15, 0.2) is 42.5 Å². The van der Waals surface area contributed by atoms with E-state index in [1.165, 1.54) is 0 Å². The first-order valence-electron chi connectivity index (χ1n) is 6.35. The Hall–Kier alpha value is -1.71. The van der Waals surface area contributed by atoms with Crippen LogP contribution in [0.25, 0.3) is 0 Å². The maximum absolute atomic E-state index is 13.5. The summed E-state index contributed by atoms with van der Waals surface area (Å²) in [5.74, 6) is -4.25. The lowest BCUT2D eigenvalue weighted by atomic mass is 9.80. The Morgan fingerprint density at radius 2 is 2.00 bits per heavy atom. The molecule has 0 bridgehead atoms. The summed E-state index contributed by atoms with van der Waals surface area (Å²) in [6, 6.07) is 9.11.